The summed E-state index contributed by atoms with van der Waals surface area (Å²) >= 11 is 1.14. The normalized spacial score (nSPS) is 25.1. The largest absolute Gasteiger partial charge is 0.388 e. The molecule has 1 aromatic heterocycles. The highest BCUT2D eigenvalue weighted by atomic mass is 32.1. The van der Waals surface area contributed by atoms with E-state index in [2.05, 4.69) is 9.59 Å². The second kappa shape index (κ2) is 4.10. The fourth-order valence-electron chi connectivity index (χ4n) is 1.86. The zero-order valence-electron chi connectivity index (χ0n) is 9.43. The van der Waals surface area contributed by atoms with Crippen LogP contribution in [0.1, 0.15) is 35.6 Å². The summed E-state index contributed by atoms with van der Waals surface area (Å²) in [6, 6.07) is 0. The zero-order chi connectivity index (χ0) is 11.8. The van der Waals surface area contributed by atoms with Crippen LogP contribution in [0.4, 0.5) is 0 Å². The summed E-state index contributed by atoms with van der Waals surface area (Å²) in [6.45, 7) is 4.71. The molecule has 0 saturated carbocycles. The first-order valence-corrected chi connectivity index (χ1v) is 6.14. The summed E-state index contributed by atoms with van der Waals surface area (Å²) in [4.78, 5) is 14.4. The number of aromatic nitrogens is 2. The van der Waals surface area contributed by atoms with Crippen LogP contribution in [0.25, 0.3) is 0 Å². The number of rotatable bonds is 2. The van der Waals surface area contributed by atoms with Gasteiger partial charge in [-0.1, -0.05) is 11.4 Å². The molecule has 5 nitrogen and oxygen atoms in total. The highest BCUT2D eigenvalue weighted by Crippen LogP contribution is 2.23. The van der Waals surface area contributed by atoms with E-state index in [4.69, 9.17) is 0 Å². The maximum atomic E-state index is 12.1. The Morgan fingerprint density at radius 1 is 1.69 bits per heavy atom. The molecule has 88 valence electrons. The van der Waals surface area contributed by atoms with Gasteiger partial charge in [0.1, 0.15) is 4.88 Å². The Kier molecular flexibility index (Phi) is 2.94. The van der Waals surface area contributed by atoms with Gasteiger partial charge in [0.25, 0.3) is 5.91 Å². The molecular formula is C10H15N3O2S. The minimum Gasteiger partial charge on any atom is -0.388 e. The van der Waals surface area contributed by atoms with Gasteiger partial charge in [-0.3, -0.25) is 4.79 Å². The zero-order valence-corrected chi connectivity index (χ0v) is 10.3. The average Bonchev–Trinajstić information content (AvgIpc) is 2.82. The van der Waals surface area contributed by atoms with Crippen LogP contribution < -0.4 is 0 Å². The van der Waals surface area contributed by atoms with Crippen LogP contribution in [0.5, 0.6) is 0 Å². The lowest BCUT2D eigenvalue weighted by Gasteiger charge is -2.18. The van der Waals surface area contributed by atoms with Crippen molar-refractivity contribution in [2.75, 3.05) is 13.1 Å². The van der Waals surface area contributed by atoms with Gasteiger partial charge >= 0.3 is 0 Å². The van der Waals surface area contributed by atoms with Crippen molar-refractivity contribution in [3.05, 3.63) is 10.6 Å². The van der Waals surface area contributed by atoms with Crippen molar-refractivity contribution < 1.29 is 9.90 Å². The van der Waals surface area contributed by atoms with Crippen molar-refractivity contribution in [3.63, 3.8) is 0 Å². The van der Waals surface area contributed by atoms with E-state index >= 15 is 0 Å². The second-order valence-corrected chi connectivity index (χ2v) is 5.13. The molecule has 1 aliphatic heterocycles. The monoisotopic (exact) mass is 241 g/mol. The number of β-amino-alcohol motifs (C(OH)–C–C–N with tert-alkyl or cyclic N) is 1. The molecule has 1 N–H and O–H groups in total. The fraction of sp³-hybridized carbons (Fsp3) is 0.700. The lowest BCUT2D eigenvalue weighted by atomic mass is 10.1. The van der Waals surface area contributed by atoms with Crippen molar-refractivity contribution in [3.8, 4) is 0 Å². The first-order valence-electron chi connectivity index (χ1n) is 5.36. The fourth-order valence-corrected chi connectivity index (χ4v) is 2.58. The van der Waals surface area contributed by atoms with Crippen LogP contribution in [0.2, 0.25) is 0 Å². The summed E-state index contributed by atoms with van der Waals surface area (Å²) in [5.41, 5.74) is 0.00158. The van der Waals surface area contributed by atoms with Crippen LogP contribution in [0.15, 0.2) is 0 Å². The number of nitrogens with zero attached hydrogens (tertiary/aromatic N) is 3. The summed E-state index contributed by atoms with van der Waals surface area (Å²) < 4.78 is 3.80. The lowest BCUT2D eigenvalue weighted by molar-refractivity contribution is 0.0574. The van der Waals surface area contributed by atoms with Gasteiger partial charge in [-0.15, -0.1) is 5.10 Å². The van der Waals surface area contributed by atoms with Gasteiger partial charge in [0, 0.05) is 13.1 Å². The number of hydrogen-bond acceptors (Lipinski definition) is 5. The van der Waals surface area contributed by atoms with Crippen molar-refractivity contribution in [2.45, 2.75) is 32.3 Å². The molecule has 1 saturated heterocycles. The number of carbonyl (C=O) groups excluding carboxylic acids is 1. The average molecular weight is 241 g/mol. The highest BCUT2D eigenvalue weighted by molar-refractivity contribution is 7.08. The summed E-state index contributed by atoms with van der Waals surface area (Å²) in [5, 5.41) is 13.7. The molecule has 0 aliphatic carbocycles. The summed E-state index contributed by atoms with van der Waals surface area (Å²) in [7, 11) is 0. The van der Waals surface area contributed by atoms with E-state index in [0.717, 1.165) is 17.2 Å². The van der Waals surface area contributed by atoms with E-state index in [-0.39, 0.29) is 5.91 Å². The molecule has 1 aromatic rings. The molecule has 1 atom stereocenters. The number of aryl methyl sites for hydroxylation is 1. The molecule has 0 spiro atoms. The van der Waals surface area contributed by atoms with Gasteiger partial charge in [0.2, 0.25) is 0 Å². The Bertz CT molecular complexity index is 403. The third kappa shape index (κ3) is 2.08. The summed E-state index contributed by atoms with van der Waals surface area (Å²) in [5.74, 6) is -0.0513. The molecule has 0 radical (unpaired) electrons. The molecular weight excluding hydrogens is 226 g/mol. The van der Waals surface area contributed by atoms with Crippen LogP contribution in [-0.2, 0) is 6.42 Å². The van der Waals surface area contributed by atoms with Crippen molar-refractivity contribution >= 4 is 17.4 Å². The molecule has 1 unspecified atom stereocenters. The SMILES string of the molecule is CCc1nnsc1C(=O)N1CCC(C)(O)C1. The topological polar surface area (TPSA) is 66.3 Å². The number of carbonyl (C=O) groups is 1. The van der Waals surface area contributed by atoms with Crippen LogP contribution in [0.3, 0.4) is 0 Å². The molecule has 1 aliphatic rings. The standard InChI is InChI=1S/C10H15N3O2S/c1-3-7-8(16-12-11-7)9(14)13-5-4-10(2,15)6-13/h15H,3-6H2,1-2H3. The number of likely N-dealkylation sites (tertiary alicyclic amines) is 1. The molecule has 1 fully saturated rings. The predicted molar refractivity (Wildman–Crippen MR) is 60.4 cm³/mol. The Labute approximate surface area is 98.2 Å². The van der Waals surface area contributed by atoms with Crippen molar-refractivity contribution in [1.29, 1.82) is 0 Å². The van der Waals surface area contributed by atoms with Crippen LogP contribution in [0, 0.1) is 0 Å². The van der Waals surface area contributed by atoms with E-state index in [0.29, 0.717) is 30.8 Å². The maximum Gasteiger partial charge on any atom is 0.267 e. The molecule has 2 heterocycles. The van der Waals surface area contributed by atoms with E-state index in [9.17, 15) is 9.90 Å². The maximum absolute atomic E-state index is 12.1. The Hall–Kier alpha value is -1.01. The van der Waals surface area contributed by atoms with Crippen molar-refractivity contribution in [1.82, 2.24) is 14.5 Å². The third-order valence-electron chi connectivity index (χ3n) is 2.82. The third-order valence-corrected chi connectivity index (χ3v) is 3.58. The summed E-state index contributed by atoms with van der Waals surface area (Å²) in [6.07, 6.45) is 1.34. The Morgan fingerprint density at radius 3 is 3.00 bits per heavy atom. The molecule has 2 rings (SSSR count). The minimum atomic E-state index is -0.750. The molecule has 0 bridgehead atoms. The van der Waals surface area contributed by atoms with Crippen LogP contribution >= 0.6 is 11.5 Å². The number of amides is 1. The minimum absolute atomic E-state index is 0.0513. The lowest BCUT2D eigenvalue weighted by Crippen LogP contribution is -2.33. The van der Waals surface area contributed by atoms with E-state index in [1.807, 2.05) is 6.92 Å². The molecule has 1 amide bonds. The quantitative estimate of drug-likeness (QED) is 0.827. The Morgan fingerprint density at radius 2 is 2.44 bits per heavy atom. The van der Waals surface area contributed by atoms with Gasteiger partial charge in [-0.2, -0.15) is 0 Å². The molecule has 6 heteroatoms. The molecule has 0 aromatic carbocycles. The number of hydrogen-bond donors (Lipinski definition) is 1. The Balaban J connectivity index is 2.15. The van der Waals surface area contributed by atoms with Gasteiger partial charge in [-0.25, -0.2) is 0 Å². The van der Waals surface area contributed by atoms with Crippen molar-refractivity contribution in [2.24, 2.45) is 0 Å². The predicted octanol–water partition coefficient (Wildman–Crippen LogP) is 0.697. The van der Waals surface area contributed by atoms with Crippen LogP contribution in [-0.4, -0.2) is 44.2 Å². The smallest absolute Gasteiger partial charge is 0.267 e. The van der Waals surface area contributed by atoms with Gasteiger partial charge < -0.3 is 10.0 Å². The first-order chi connectivity index (χ1) is 7.53. The van der Waals surface area contributed by atoms with E-state index < -0.39 is 5.60 Å². The first kappa shape index (κ1) is 11.5. The van der Waals surface area contributed by atoms with Gasteiger partial charge in [0.15, 0.2) is 0 Å². The second-order valence-electron chi connectivity index (χ2n) is 4.38. The number of aliphatic hydroxyl groups is 1. The van der Waals surface area contributed by atoms with Gasteiger partial charge in [0.05, 0.1) is 11.3 Å². The van der Waals surface area contributed by atoms with E-state index in [1.165, 1.54) is 0 Å². The van der Waals surface area contributed by atoms with E-state index in [1.54, 1.807) is 11.8 Å². The molecule has 16 heavy (non-hydrogen) atoms. The van der Waals surface area contributed by atoms with Gasteiger partial charge in [-0.05, 0) is 31.3 Å². The highest BCUT2D eigenvalue weighted by Gasteiger charge is 2.35.